The summed E-state index contributed by atoms with van der Waals surface area (Å²) in [5.74, 6) is 0.981. The van der Waals surface area contributed by atoms with E-state index in [1.54, 1.807) is 6.26 Å². The van der Waals surface area contributed by atoms with E-state index < -0.39 is 0 Å². The third kappa shape index (κ3) is 4.86. The van der Waals surface area contributed by atoms with Crippen molar-refractivity contribution in [2.75, 3.05) is 31.5 Å². The first-order valence-electron chi connectivity index (χ1n) is 9.17. The molecule has 5 nitrogen and oxygen atoms in total. The molecule has 6 heteroatoms. The Labute approximate surface area is 163 Å². The predicted molar refractivity (Wildman–Crippen MR) is 108 cm³/mol. The van der Waals surface area contributed by atoms with Gasteiger partial charge in [-0.3, -0.25) is 14.6 Å². The van der Waals surface area contributed by atoms with Gasteiger partial charge in [0.25, 0.3) is 5.91 Å². The Hall–Kier alpha value is -2.41. The van der Waals surface area contributed by atoms with Crippen molar-refractivity contribution in [2.45, 2.75) is 13.1 Å². The van der Waals surface area contributed by atoms with Crippen molar-refractivity contribution in [1.29, 1.82) is 0 Å². The van der Waals surface area contributed by atoms with Crippen molar-refractivity contribution in [3.63, 3.8) is 0 Å². The van der Waals surface area contributed by atoms with Gasteiger partial charge in [0.2, 0.25) is 0 Å². The summed E-state index contributed by atoms with van der Waals surface area (Å²) in [6.45, 7) is 6.04. The van der Waals surface area contributed by atoms with Crippen LogP contribution in [0.15, 0.2) is 64.6 Å². The second-order valence-electron chi connectivity index (χ2n) is 6.76. The van der Waals surface area contributed by atoms with Crippen molar-refractivity contribution >= 4 is 22.9 Å². The van der Waals surface area contributed by atoms with Crippen molar-refractivity contribution in [3.8, 4) is 0 Å². The molecule has 1 aliphatic rings. The fourth-order valence-corrected chi connectivity index (χ4v) is 3.90. The molecule has 0 unspecified atom stereocenters. The molecule has 3 heterocycles. The summed E-state index contributed by atoms with van der Waals surface area (Å²) in [4.78, 5) is 17.7. The maximum absolute atomic E-state index is 12.1. The van der Waals surface area contributed by atoms with Crippen LogP contribution >= 0.6 is 11.3 Å². The van der Waals surface area contributed by atoms with Gasteiger partial charge in [-0.1, -0.05) is 18.2 Å². The van der Waals surface area contributed by atoms with Crippen molar-refractivity contribution in [3.05, 3.63) is 76.4 Å². The first-order valence-corrected chi connectivity index (χ1v) is 10.0. The molecule has 140 valence electrons. The van der Waals surface area contributed by atoms with Crippen molar-refractivity contribution < 1.29 is 9.21 Å². The highest BCUT2D eigenvalue weighted by Crippen LogP contribution is 2.16. The van der Waals surface area contributed by atoms with Crippen LogP contribution in [0.25, 0.3) is 0 Å². The summed E-state index contributed by atoms with van der Waals surface area (Å²) >= 11 is 1.45. The molecule has 1 aliphatic heterocycles. The quantitative estimate of drug-likeness (QED) is 0.703. The van der Waals surface area contributed by atoms with Crippen LogP contribution in [0, 0.1) is 0 Å². The zero-order chi connectivity index (χ0) is 18.5. The monoisotopic (exact) mass is 381 g/mol. The van der Waals surface area contributed by atoms with Crippen LogP contribution in [0.3, 0.4) is 0 Å². The maximum Gasteiger partial charge on any atom is 0.265 e. The molecule has 3 aromatic rings. The standard InChI is InChI=1S/C21H23N3O2S/c25-21(20-4-2-14-27-20)22-18-7-5-17(6-8-18)15-23-9-11-24(12-10-23)16-19-3-1-13-26-19/h1-8,13-14H,9-12,15-16H2,(H,22,25). The number of amides is 1. The van der Waals surface area contributed by atoms with Crippen LogP contribution in [-0.4, -0.2) is 41.9 Å². The number of rotatable bonds is 6. The fourth-order valence-electron chi connectivity index (χ4n) is 3.28. The molecule has 0 bridgehead atoms. The highest BCUT2D eigenvalue weighted by Gasteiger charge is 2.17. The molecule has 1 aromatic carbocycles. The van der Waals surface area contributed by atoms with E-state index in [9.17, 15) is 4.79 Å². The van der Waals surface area contributed by atoms with Crippen molar-refractivity contribution in [1.82, 2.24) is 9.80 Å². The Morgan fingerprint density at radius 3 is 2.33 bits per heavy atom. The van der Waals surface area contributed by atoms with E-state index in [0.29, 0.717) is 0 Å². The number of hydrogen-bond acceptors (Lipinski definition) is 5. The Kier molecular flexibility index (Phi) is 5.67. The van der Waals surface area contributed by atoms with E-state index in [1.807, 2.05) is 41.8 Å². The third-order valence-electron chi connectivity index (χ3n) is 4.79. The van der Waals surface area contributed by atoms with E-state index in [-0.39, 0.29) is 5.91 Å². The normalized spacial score (nSPS) is 15.7. The molecule has 2 aromatic heterocycles. The van der Waals surface area contributed by atoms with Gasteiger partial charge in [-0.15, -0.1) is 11.3 Å². The molecule has 0 radical (unpaired) electrons. The van der Waals surface area contributed by atoms with E-state index in [1.165, 1.54) is 16.9 Å². The molecule has 1 N–H and O–H groups in total. The number of hydrogen-bond donors (Lipinski definition) is 1. The molecule has 4 rings (SSSR count). The minimum Gasteiger partial charge on any atom is -0.468 e. The summed E-state index contributed by atoms with van der Waals surface area (Å²) in [5.41, 5.74) is 2.10. The van der Waals surface area contributed by atoms with Crippen LogP contribution < -0.4 is 5.32 Å². The molecular weight excluding hydrogens is 358 g/mol. The Bertz CT molecular complexity index is 836. The van der Waals surface area contributed by atoms with E-state index >= 15 is 0 Å². The smallest absolute Gasteiger partial charge is 0.265 e. The topological polar surface area (TPSA) is 48.7 Å². The van der Waals surface area contributed by atoms with Gasteiger partial charge in [0.15, 0.2) is 0 Å². The Balaban J connectivity index is 1.25. The lowest BCUT2D eigenvalue weighted by Gasteiger charge is -2.34. The molecule has 0 aliphatic carbocycles. The molecule has 1 saturated heterocycles. The largest absolute Gasteiger partial charge is 0.468 e. The number of benzene rings is 1. The number of thiophene rings is 1. The lowest BCUT2D eigenvalue weighted by molar-refractivity contribution is 0.103. The van der Waals surface area contributed by atoms with Gasteiger partial charge in [0.05, 0.1) is 17.7 Å². The SMILES string of the molecule is O=C(Nc1ccc(CN2CCN(Cc3ccco3)CC2)cc1)c1cccs1. The first kappa shape index (κ1) is 18.0. The van der Waals surface area contributed by atoms with Crippen LogP contribution in [0.1, 0.15) is 21.0 Å². The van der Waals surface area contributed by atoms with E-state index in [4.69, 9.17) is 4.42 Å². The number of nitrogens with one attached hydrogen (secondary N) is 1. The summed E-state index contributed by atoms with van der Waals surface area (Å²) in [5, 5.41) is 4.85. The van der Waals surface area contributed by atoms with Crippen molar-refractivity contribution in [2.24, 2.45) is 0 Å². The van der Waals surface area contributed by atoms with Gasteiger partial charge >= 0.3 is 0 Å². The molecule has 0 atom stereocenters. The van der Waals surface area contributed by atoms with Crippen LogP contribution in [0.4, 0.5) is 5.69 Å². The average Bonchev–Trinajstić information content (AvgIpc) is 3.39. The fraction of sp³-hybridized carbons (Fsp3) is 0.286. The molecule has 1 amide bonds. The minimum atomic E-state index is -0.0505. The maximum atomic E-state index is 12.1. The van der Waals surface area contributed by atoms with Gasteiger partial charge in [-0.05, 0) is 41.3 Å². The molecule has 1 fully saturated rings. The molecular formula is C21H23N3O2S. The zero-order valence-electron chi connectivity index (χ0n) is 15.1. The summed E-state index contributed by atoms with van der Waals surface area (Å²) in [7, 11) is 0. The molecule has 0 spiro atoms. The number of anilines is 1. The zero-order valence-corrected chi connectivity index (χ0v) is 16.0. The number of furan rings is 1. The van der Waals surface area contributed by atoms with Gasteiger partial charge in [0.1, 0.15) is 5.76 Å². The number of piperazine rings is 1. The van der Waals surface area contributed by atoms with Crippen LogP contribution in [0.5, 0.6) is 0 Å². The predicted octanol–water partition coefficient (Wildman–Crippen LogP) is 3.91. The highest BCUT2D eigenvalue weighted by atomic mass is 32.1. The number of nitrogens with zero attached hydrogens (tertiary/aromatic N) is 2. The second kappa shape index (κ2) is 8.52. The lowest BCUT2D eigenvalue weighted by atomic mass is 10.1. The summed E-state index contributed by atoms with van der Waals surface area (Å²) < 4.78 is 5.44. The number of carbonyl (C=O) groups is 1. The van der Waals surface area contributed by atoms with E-state index in [2.05, 4.69) is 27.2 Å². The average molecular weight is 382 g/mol. The second-order valence-corrected chi connectivity index (χ2v) is 7.71. The molecule has 27 heavy (non-hydrogen) atoms. The van der Waals surface area contributed by atoms with Crippen LogP contribution in [-0.2, 0) is 13.1 Å². The third-order valence-corrected chi connectivity index (χ3v) is 5.66. The van der Waals surface area contributed by atoms with E-state index in [0.717, 1.165) is 55.6 Å². The Morgan fingerprint density at radius 2 is 1.70 bits per heavy atom. The van der Waals surface area contributed by atoms with Gasteiger partial charge < -0.3 is 9.73 Å². The highest BCUT2D eigenvalue weighted by molar-refractivity contribution is 7.12. The van der Waals surface area contributed by atoms with Gasteiger partial charge in [-0.2, -0.15) is 0 Å². The first-order chi connectivity index (χ1) is 13.3. The molecule has 0 saturated carbocycles. The van der Waals surface area contributed by atoms with Gasteiger partial charge in [0, 0.05) is 38.4 Å². The van der Waals surface area contributed by atoms with Gasteiger partial charge in [-0.25, -0.2) is 0 Å². The summed E-state index contributed by atoms with van der Waals surface area (Å²) in [6.07, 6.45) is 1.73. The Morgan fingerprint density at radius 1 is 0.963 bits per heavy atom. The summed E-state index contributed by atoms with van der Waals surface area (Å²) in [6, 6.07) is 15.8. The van der Waals surface area contributed by atoms with Crippen LogP contribution in [0.2, 0.25) is 0 Å². The number of carbonyl (C=O) groups excluding carboxylic acids is 1. The minimum absolute atomic E-state index is 0.0505. The lowest BCUT2D eigenvalue weighted by Crippen LogP contribution is -2.45.